The molecular formula is C17H20N4. The lowest BCUT2D eigenvalue weighted by molar-refractivity contribution is 0.284. The van der Waals surface area contributed by atoms with Gasteiger partial charge in [0.2, 0.25) is 0 Å². The van der Waals surface area contributed by atoms with Gasteiger partial charge in [0.15, 0.2) is 0 Å². The van der Waals surface area contributed by atoms with Crippen LogP contribution in [0.3, 0.4) is 0 Å². The van der Waals surface area contributed by atoms with E-state index < -0.39 is 0 Å². The first-order chi connectivity index (χ1) is 10.3. The first-order valence-electron chi connectivity index (χ1n) is 7.73. The monoisotopic (exact) mass is 280 g/mol. The maximum atomic E-state index is 5.61. The fourth-order valence-corrected chi connectivity index (χ4v) is 3.27. The number of anilines is 1. The van der Waals surface area contributed by atoms with Crippen molar-refractivity contribution in [2.75, 3.05) is 5.43 Å². The molecule has 0 spiro atoms. The average Bonchev–Trinajstić information content (AvgIpc) is 3.32. The standard InChI is InChI=1S/C17H20N4/c18-21-15-11-14(12-7-8-12)19-16(20-15)17(9-4-10-17)13-5-2-1-3-6-13/h1-3,5-6,11-12H,4,7-10,18H2,(H,19,20,21). The fourth-order valence-electron chi connectivity index (χ4n) is 3.27. The second-order valence-corrected chi connectivity index (χ2v) is 6.22. The lowest BCUT2D eigenvalue weighted by Gasteiger charge is -2.41. The highest BCUT2D eigenvalue weighted by molar-refractivity contribution is 5.42. The Morgan fingerprint density at radius 3 is 2.43 bits per heavy atom. The van der Waals surface area contributed by atoms with Crippen molar-refractivity contribution in [1.29, 1.82) is 0 Å². The normalized spacial score (nSPS) is 19.9. The molecule has 0 amide bonds. The summed E-state index contributed by atoms with van der Waals surface area (Å²) in [5.74, 6) is 7.89. The van der Waals surface area contributed by atoms with Crippen LogP contribution in [0, 0.1) is 0 Å². The Balaban J connectivity index is 1.82. The molecule has 2 aliphatic carbocycles. The van der Waals surface area contributed by atoms with E-state index in [0.29, 0.717) is 5.92 Å². The van der Waals surface area contributed by atoms with Crippen molar-refractivity contribution in [1.82, 2.24) is 9.97 Å². The SMILES string of the molecule is NNc1cc(C2CC2)nc(C2(c3ccccc3)CCC2)n1. The van der Waals surface area contributed by atoms with Crippen LogP contribution in [0.4, 0.5) is 5.82 Å². The molecule has 0 saturated heterocycles. The Kier molecular flexibility index (Phi) is 2.93. The molecule has 0 radical (unpaired) electrons. The molecule has 21 heavy (non-hydrogen) atoms. The predicted octanol–water partition coefficient (Wildman–Crippen LogP) is 3.11. The summed E-state index contributed by atoms with van der Waals surface area (Å²) >= 11 is 0. The Morgan fingerprint density at radius 1 is 1.10 bits per heavy atom. The molecule has 0 bridgehead atoms. The highest BCUT2D eigenvalue weighted by atomic mass is 15.3. The molecule has 108 valence electrons. The maximum absolute atomic E-state index is 5.61. The number of hydrogen-bond acceptors (Lipinski definition) is 4. The van der Waals surface area contributed by atoms with Gasteiger partial charge < -0.3 is 5.43 Å². The number of nitrogens with one attached hydrogen (secondary N) is 1. The zero-order valence-corrected chi connectivity index (χ0v) is 12.0. The summed E-state index contributed by atoms with van der Waals surface area (Å²) in [5.41, 5.74) is 5.17. The first kappa shape index (κ1) is 12.8. The van der Waals surface area contributed by atoms with E-state index in [-0.39, 0.29) is 5.41 Å². The van der Waals surface area contributed by atoms with Gasteiger partial charge in [-0.3, -0.25) is 0 Å². The van der Waals surface area contributed by atoms with E-state index in [1.165, 1.54) is 24.8 Å². The number of rotatable bonds is 4. The van der Waals surface area contributed by atoms with Crippen LogP contribution in [-0.4, -0.2) is 9.97 Å². The Hall–Kier alpha value is -1.94. The summed E-state index contributed by atoms with van der Waals surface area (Å²) in [4.78, 5) is 9.59. The Bertz CT molecular complexity index is 645. The average molecular weight is 280 g/mol. The van der Waals surface area contributed by atoms with Crippen molar-refractivity contribution >= 4 is 5.82 Å². The molecule has 2 fully saturated rings. The third-order valence-electron chi connectivity index (χ3n) is 4.85. The Labute approximate surface area is 124 Å². The molecule has 2 saturated carbocycles. The van der Waals surface area contributed by atoms with Gasteiger partial charge in [-0.15, -0.1) is 0 Å². The lowest BCUT2D eigenvalue weighted by atomic mass is 9.64. The third kappa shape index (κ3) is 2.10. The van der Waals surface area contributed by atoms with Gasteiger partial charge >= 0.3 is 0 Å². The van der Waals surface area contributed by atoms with Crippen molar-refractivity contribution in [3.63, 3.8) is 0 Å². The second kappa shape index (κ2) is 4.81. The fraction of sp³-hybridized carbons (Fsp3) is 0.412. The second-order valence-electron chi connectivity index (χ2n) is 6.22. The minimum atomic E-state index is -0.0161. The van der Waals surface area contributed by atoms with Crippen LogP contribution in [-0.2, 0) is 5.41 Å². The number of aromatic nitrogens is 2. The molecular weight excluding hydrogens is 260 g/mol. The van der Waals surface area contributed by atoms with Crippen molar-refractivity contribution < 1.29 is 0 Å². The number of nitrogen functional groups attached to an aromatic ring is 1. The molecule has 4 nitrogen and oxygen atoms in total. The minimum absolute atomic E-state index is 0.0161. The van der Waals surface area contributed by atoms with Gasteiger partial charge in [-0.05, 0) is 31.2 Å². The van der Waals surface area contributed by atoms with Gasteiger partial charge in [-0.1, -0.05) is 36.8 Å². The van der Waals surface area contributed by atoms with E-state index in [9.17, 15) is 0 Å². The van der Waals surface area contributed by atoms with E-state index in [1.54, 1.807) is 0 Å². The molecule has 4 heteroatoms. The maximum Gasteiger partial charge on any atom is 0.143 e. The molecule has 2 aliphatic rings. The number of hydrazine groups is 1. The Morgan fingerprint density at radius 2 is 1.86 bits per heavy atom. The highest BCUT2D eigenvalue weighted by Gasteiger charge is 2.43. The smallest absolute Gasteiger partial charge is 0.143 e. The van der Waals surface area contributed by atoms with Crippen molar-refractivity contribution in [2.45, 2.75) is 43.4 Å². The topological polar surface area (TPSA) is 63.8 Å². The minimum Gasteiger partial charge on any atom is -0.308 e. The summed E-state index contributed by atoms with van der Waals surface area (Å²) < 4.78 is 0. The van der Waals surface area contributed by atoms with E-state index >= 15 is 0 Å². The summed E-state index contributed by atoms with van der Waals surface area (Å²) in [7, 11) is 0. The van der Waals surface area contributed by atoms with Gasteiger partial charge in [0.1, 0.15) is 11.6 Å². The van der Waals surface area contributed by atoms with Gasteiger partial charge in [0, 0.05) is 17.7 Å². The van der Waals surface area contributed by atoms with Crippen LogP contribution >= 0.6 is 0 Å². The number of nitrogens with two attached hydrogens (primary N) is 1. The highest BCUT2D eigenvalue weighted by Crippen LogP contribution is 2.48. The molecule has 1 heterocycles. The predicted molar refractivity (Wildman–Crippen MR) is 82.9 cm³/mol. The van der Waals surface area contributed by atoms with Crippen LogP contribution < -0.4 is 11.3 Å². The summed E-state index contributed by atoms with van der Waals surface area (Å²) in [6, 6.07) is 12.6. The quantitative estimate of drug-likeness (QED) is 0.667. The molecule has 0 unspecified atom stereocenters. The lowest BCUT2D eigenvalue weighted by Crippen LogP contribution is -2.37. The molecule has 2 aromatic rings. The summed E-state index contributed by atoms with van der Waals surface area (Å²) in [6.45, 7) is 0. The van der Waals surface area contributed by atoms with Gasteiger partial charge in [-0.25, -0.2) is 15.8 Å². The van der Waals surface area contributed by atoms with Crippen LogP contribution in [0.5, 0.6) is 0 Å². The zero-order valence-electron chi connectivity index (χ0n) is 12.0. The van der Waals surface area contributed by atoms with Crippen molar-refractivity contribution in [3.8, 4) is 0 Å². The summed E-state index contributed by atoms with van der Waals surface area (Å²) in [5, 5.41) is 0. The van der Waals surface area contributed by atoms with E-state index in [4.69, 9.17) is 10.8 Å². The number of benzene rings is 1. The molecule has 1 aromatic heterocycles. The van der Waals surface area contributed by atoms with Gasteiger partial charge in [0.05, 0.1) is 5.41 Å². The molecule has 1 aromatic carbocycles. The van der Waals surface area contributed by atoms with Gasteiger partial charge in [0.25, 0.3) is 0 Å². The van der Waals surface area contributed by atoms with E-state index in [1.807, 2.05) is 6.07 Å². The number of nitrogens with zero attached hydrogens (tertiary/aromatic N) is 2. The van der Waals surface area contributed by atoms with Crippen molar-refractivity contribution in [3.05, 3.63) is 53.5 Å². The van der Waals surface area contributed by atoms with Crippen LogP contribution in [0.1, 0.15) is 55.1 Å². The van der Waals surface area contributed by atoms with E-state index in [2.05, 4.69) is 40.7 Å². The molecule has 4 rings (SSSR count). The van der Waals surface area contributed by atoms with Crippen LogP contribution in [0.15, 0.2) is 36.4 Å². The molecule has 0 aliphatic heterocycles. The first-order valence-corrected chi connectivity index (χ1v) is 7.73. The van der Waals surface area contributed by atoms with Crippen molar-refractivity contribution in [2.24, 2.45) is 5.84 Å². The largest absolute Gasteiger partial charge is 0.308 e. The third-order valence-corrected chi connectivity index (χ3v) is 4.85. The number of hydrogen-bond donors (Lipinski definition) is 2. The van der Waals surface area contributed by atoms with Crippen LogP contribution in [0.25, 0.3) is 0 Å². The summed E-state index contributed by atoms with van der Waals surface area (Å²) in [6.07, 6.45) is 5.94. The van der Waals surface area contributed by atoms with E-state index in [0.717, 1.165) is 30.2 Å². The van der Waals surface area contributed by atoms with Crippen LogP contribution in [0.2, 0.25) is 0 Å². The van der Waals surface area contributed by atoms with Gasteiger partial charge in [-0.2, -0.15) is 0 Å². The zero-order chi connectivity index (χ0) is 14.3. The molecule has 0 atom stereocenters. The molecule has 3 N–H and O–H groups in total.